The molecule has 0 saturated heterocycles. The first-order chi connectivity index (χ1) is 9.61. The lowest BCUT2D eigenvalue weighted by Gasteiger charge is -2.18. The van der Waals surface area contributed by atoms with Crippen LogP contribution in [-0.2, 0) is 11.2 Å². The number of hydrogen-bond donors (Lipinski definition) is 0. The summed E-state index contributed by atoms with van der Waals surface area (Å²) in [6.07, 6.45) is 0.271. The Balaban J connectivity index is 2.17. The summed E-state index contributed by atoms with van der Waals surface area (Å²) in [5.41, 5.74) is 1.99. The van der Waals surface area contributed by atoms with Crippen molar-refractivity contribution in [2.45, 2.75) is 6.42 Å². The van der Waals surface area contributed by atoms with E-state index in [0.717, 1.165) is 5.56 Å². The predicted molar refractivity (Wildman–Crippen MR) is 79.7 cm³/mol. The Morgan fingerprint density at radius 1 is 1.20 bits per heavy atom. The Kier molecular flexibility index (Phi) is 4.39. The molecule has 0 aromatic heterocycles. The van der Waals surface area contributed by atoms with E-state index in [1.165, 1.54) is 4.90 Å². The second-order valence-electron chi connectivity index (χ2n) is 4.38. The lowest BCUT2D eigenvalue weighted by molar-refractivity contribution is -0.117. The number of anilines is 1. The van der Waals surface area contributed by atoms with Crippen molar-refractivity contribution in [1.29, 1.82) is 5.26 Å². The number of nitriles is 1. The van der Waals surface area contributed by atoms with E-state index in [1.807, 2.05) is 18.2 Å². The monoisotopic (exact) mass is 284 g/mol. The zero-order valence-corrected chi connectivity index (χ0v) is 11.8. The summed E-state index contributed by atoms with van der Waals surface area (Å²) in [5.74, 6) is -0.0741. The first-order valence-electron chi connectivity index (χ1n) is 6.12. The molecule has 3 nitrogen and oxygen atoms in total. The largest absolute Gasteiger partial charge is 0.314 e. The molecule has 4 heteroatoms. The number of halogens is 1. The lowest BCUT2D eigenvalue weighted by Crippen LogP contribution is -2.28. The molecule has 100 valence electrons. The Labute approximate surface area is 123 Å². The molecule has 20 heavy (non-hydrogen) atoms. The van der Waals surface area contributed by atoms with Crippen molar-refractivity contribution < 1.29 is 4.79 Å². The number of rotatable bonds is 3. The minimum absolute atomic E-state index is 0.0741. The van der Waals surface area contributed by atoms with E-state index in [4.69, 9.17) is 16.9 Å². The van der Waals surface area contributed by atoms with Gasteiger partial charge in [0.05, 0.1) is 17.7 Å². The molecule has 0 aliphatic rings. The molecule has 2 aromatic carbocycles. The number of amides is 1. The van der Waals surface area contributed by atoms with Gasteiger partial charge in [0.25, 0.3) is 0 Å². The van der Waals surface area contributed by atoms with Gasteiger partial charge in [0.1, 0.15) is 6.07 Å². The molecule has 0 heterocycles. The van der Waals surface area contributed by atoms with Gasteiger partial charge in [0.2, 0.25) is 5.91 Å². The highest BCUT2D eigenvalue weighted by molar-refractivity contribution is 6.30. The van der Waals surface area contributed by atoms with E-state index in [9.17, 15) is 4.79 Å². The summed E-state index contributed by atoms with van der Waals surface area (Å²) in [5, 5.41) is 9.71. The van der Waals surface area contributed by atoms with Crippen LogP contribution in [0.4, 0.5) is 5.69 Å². The first kappa shape index (κ1) is 14.1. The van der Waals surface area contributed by atoms with Gasteiger partial charge in [-0.2, -0.15) is 5.26 Å². The van der Waals surface area contributed by atoms with Crippen LogP contribution in [0.15, 0.2) is 48.5 Å². The third-order valence-corrected chi connectivity index (χ3v) is 3.28. The van der Waals surface area contributed by atoms with Crippen molar-refractivity contribution in [3.63, 3.8) is 0 Å². The summed E-state index contributed by atoms with van der Waals surface area (Å²) < 4.78 is 0. The van der Waals surface area contributed by atoms with Crippen LogP contribution in [0.25, 0.3) is 0 Å². The third-order valence-electron chi connectivity index (χ3n) is 3.03. The van der Waals surface area contributed by atoms with Gasteiger partial charge in [-0.05, 0) is 29.8 Å². The van der Waals surface area contributed by atoms with Crippen LogP contribution in [-0.4, -0.2) is 13.0 Å². The number of para-hydroxylation sites is 1. The fraction of sp³-hybridized carbons (Fsp3) is 0.125. The van der Waals surface area contributed by atoms with E-state index in [1.54, 1.807) is 37.4 Å². The smallest absolute Gasteiger partial charge is 0.231 e. The number of carbonyl (C=O) groups is 1. The Morgan fingerprint density at radius 2 is 1.85 bits per heavy atom. The minimum Gasteiger partial charge on any atom is -0.314 e. The molecule has 2 rings (SSSR count). The van der Waals surface area contributed by atoms with E-state index in [2.05, 4.69) is 6.07 Å². The number of benzene rings is 2. The van der Waals surface area contributed by atoms with E-state index in [0.29, 0.717) is 16.3 Å². The highest BCUT2D eigenvalue weighted by Gasteiger charge is 2.14. The van der Waals surface area contributed by atoms with Gasteiger partial charge in [0, 0.05) is 12.1 Å². The number of carbonyl (C=O) groups excluding carboxylic acids is 1. The number of hydrogen-bond acceptors (Lipinski definition) is 2. The molecular weight excluding hydrogens is 272 g/mol. The molecule has 0 saturated carbocycles. The number of likely N-dealkylation sites (N-methyl/N-ethyl adjacent to an activating group) is 1. The molecule has 0 fully saturated rings. The van der Waals surface area contributed by atoms with Gasteiger partial charge in [-0.25, -0.2) is 0 Å². The van der Waals surface area contributed by atoms with Crippen molar-refractivity contribution >= 4 is 23.2 Å². The Hall–Kier alpha value is -2.31. The van der Waals surface area contributed by atoms with Gasteiger partial charge in [-0.15, -0.1) is 0 Å². The normalized spacial score (nSPS) is 9.85. The highest BCUT2D eigenvalue weighted by Crippen LogP contribution is 2.19. The summed E-state index contributed by atoms with van der Waals surface area (Å²) in [6.45, 7) is 0. The van der Waals surface area contributed by atoms with Gasteiger partial charge in [-0.1, -0.05) is 35.9 Å². The first-order valence-corrected chi connectivity index (χ1v) is 6.49. The predicted octanol–water partition coefficient (Wildman–Crippen LogP) is 3.42. The van der Waals surface area contributed by atoms with Gasteiger partial charge in [-0.3, -0.25) is 4.79 Å². The SMILES string of the molecule is CN(C(=O)Cc1ccc(Cl)cc1)c1ccccc1C#N. The molecule has 0 aliphatic heterocycles. The topological polar surface area (TPSA) is 44.1 Å². The molecule has 0 aliphatic carbocycles. The summed E-state index contributed by atoms with van der Waals surface area (Å²) in [7, 11) is 1.68. The molecule has 0 N–H and O–H groups in total. The van der Waals surface area contributed by atoms with Gasteiger partial charge >= 0.3 is 0 Å². The quantitative estimate of drug-likeness (QED) is 0.867. The third kappa shape index (κ3) is 3.17. The maximum Gasteiger partial charge on any atom is 0.231 e. The second-order valence-corrected chi connectivity index (χ2v) is 4.82. The molecule has 0 bridgehead atoms. The maximum atomic E-state index is 12.2. The van der Waals surface area contributed by atoms with Crippen LogP contribution in [0.5, 0.6) is 0 Å². The molecule has 2 aromatic rings. The lowest BCUT2D eigenvalue weighted by atomic mass is 10.1. The van der Waals surface area contributed by atoms with Gasteiger partial charge < -0.3 is 4.90 Å². The fourth-order valence-electron chi connectivity index (χ4n) is 1.89. The van der Waals surface area contributed by atoms with Crippen molar-refractivity contribution in [1.82, 2.24) is 0 Å². The van der Waals surface area contributed by atoms with E-state index < -0.39 is 0 Å². The Morgan fingerprint density at radius 3 is 2.50 bits per heavy atom. The van der Waals surface area contributed by atoms with E-state index in [-0.39, 0.29) is 12.3 Å². The van der Waals surface area contributed by atoms with Crippen LogP contribution < -0.4 is 4.90 Å². The van der Waals surface area contributed by atoms with Crippen LogP contribution in [0.1, 0.15) is 11.1 Å². The van der Waals surface area contributed by atoms with Crippen molar-refractivity contribution in [2.24, 2.45) is 0 Å². The average molecular weight is 285 g/mol. The van der Waals surface area contributed by atoms with Crippen LogP contribution in [0, 0.1) is 11.3 Å². The molecule has 0 radical (unpaired) electrons. The van der Waals surface area contributed by atoms with Crippen molar-refractivity contribution in [3.8, 4) is 6.07 Å². The molecule has 0 atom stereocenters. The second kappa shape index (κ2) is 6.23. The zero-order chi connectivity index (χ0) is 14.5. The van der Waals surface area contributed by atoms with Crippen LogP contribution in [0.3, 0.4) is 0 Å². The molecule has 0 spiro atoms. The standard InChI is InChI=1S/C16H13ClN2O/c1-19(15-5-3-2-4-13(15)11-18)16(20)10-12-6-8-14(17)9-7-12/h2-9H,10H2,1H3. The Bertz CT molecular complexity index is 659. The van der Waals surface area contributed by atoms with Crippen LogP contribution in [0.2, 0.25) is 5.02 Å². The van der Waals surface area contributed by atoms with Crippen LogP contribution >= 0.6 is 11.6 Å². The summed E-state index contributed by atoms with van der Waals surface area (Å²) in [6, 6.07) is 16.3. The van der Waals surface area contributed by atoms with Crippen molar-refractivity contribution in [2.75, 3.05) is 11.9 Å². The number of nitrogens with zero attached hydrogens (tertiary/aromatic N) is 2. The summed E-state index contributed by atoms with van der Waals surface area (Å²) >= 11 is 5.81. The fourth-order valence-corrected chi connectivity index (χ4v) is 2.02. The minimum atomic E-state index is -0.0741. The average Bonchev–Trinajstić information content (AvgIpc) is 2.48. The summed E-state index contributed by atoms with van der Waals surface area (Å²) in [4.78, 5) is 13.8. The van der Waals surface area contributed by atoms with Gasteiger partial charge in [0.15, 0.2) is 0 Å². The molecular formula is C16H13ClN2O. The highest BCUT2D eigenvalue weighted by atomic mass is 35.5. The van der Waals surface area contributed by atoms with E-state index >= 15 is 0 Å². The zero-order valence-electron chi connectivity index (χ0n) is 11.0. The molecule has 0 unspecified atom stereocenters. The maximum absolute atomic E-state index is 12.2. The molecule has 1 amide bonds. The van der Waals surface area contributed by atoms with Crippen molar-refractivity contribution in [3.05, 3.63) is 64.7 Å².